The maximum absolute atomic E-state index is 15.0. The number of unbranched alkanes of at least 4 members (excludes halogenated alkanes) is 3. The van der Waals surface area contributed by atoms with Gasteiger partial charge in [0.25, 0.3) is 0 Å². The highest BCUT2D eigenvalue weighted by Crippen LogP contribution is 2.27. The summed E-state index contributed by atoms with van der Waals surface area (Å²) < 4.78 is 41.0. The van der Waals surface area contributed by atoms with Crippen molar-refractivity contribution in [1.82, 2.24) is 0 Å². The summed E-state index contributed by atoms with van der Waals surface area (Å²) in [7, 11) is 0. The van der Waals surface area contributed by atoms with Crippen LogP contribution >= 0.6 is 0 Å². The lowest BCUT2D eigenvalue weighted by molar-refractivity contribution is -0.139. The zero-order valence-electron chi connectivity index (χ0n) is 28.6. The molecule has 0 bridgehead atoms. The fraction of sp³-hybridized carbons (Fsp3) is 0.190. The topological polar surface area (TPSA) is 114 Å². The second-order valence-corrected chi connectivity index (χ2v) is 11.3. The van der Waals surface area contributed by atoms with Crippen LogP contribution in [-0.4, -0.2) is 50.3 Å². The monoisotopic (exact) mass is 706 g/mol. The Kier molecular flexibility index (Phi) is 15.1. The van der Waals surface area contributed by atoms with Gasteiger partial charge in [-0.15, -0.1) is 0 Å². The van der Waals surface area contributed by atoms with Crippen LogP contribution in [0.4, 0.5) is 4.39 Å². The van der Waals surface area contributed by atoms with E-state index in [1.54, 1.807) is 84.9 Å². The first-order chi connectivity index (χ1) is 25.2. The Labute approximate surface area is 301 Å². The van der Waals surface area contributed by atoms with Gasteiger partial charge in [-0.2, -0.15) is 0 Å². The summed E-state index contributed by atoms with van der Waals surface area (Å²) in [5, 5.41) is 0. The van der Waals surface area contributed by atoms with Gasteiger partial charge in [0.05, 0.1) is 18.8 Å². The molecule has 268 valence electrons. The fourth-order valence-corrected chi connectivity index (χ4v) is 4.83. The minimum absolute atomic E-state index is 0.0649. The SMILES string of the molecule is C=CC(=O)OCCCCCCOc1ccc(-c2ccc(/C=C/C(=O)Oc3ccc(-c4ccc(C(=O)OCCOC(=O)C=C)cc4)cc3)cc2F)cc1. The molecule has 0 saturated carbocycles. The van der Waals surface area contributed by atoms with Crippen molar-refractivity contribution in [2.24, 2.45) is 0 Å². The van der Waals surface area contributed by atoms with Gasteiger partial charge in [-0.05, 0) is 96.5 Å². The lowest BCUT2D eigenvalue weighted by Gasteiger charge is -2.09. The molecule has 0 unspecified atom stereocenters. The normalized spacial score (nSPS) is 10.6. The summed E-state index contributed by atoms with van der Waals surface area (Å²) in [5.41, 5.74) is 3.61. The average molecular weight is 707 g/mol. The predicted molar refractivity (Wildman–Crippen MR) is 195 cm³/mol. The Morgan fingerprint density at radius 1 is 0.577 bits per heavy atom. The van der Waals surface area contributed by atoms with Crippen molar-refractivity contribution in [3.8, 4) is 33.8 Å². The number of carbonyl (C=O) groups is 4. The number of halogens is 1. The van der Waals surface area contributed by atoms with E-state index in [4.69, 9.17) is 23.7 Å². The van der Waals surface area contributed by atoms with Gasteiger partial charge in [0.15, 0.2) is 0 Å². The molecule has 52 heavy (non-hydrogen) atoms. The van der Waals surface area contributed by atoms with Crippen LogP contribution in [0, 0.1) is 5.82 Å². The second kappa shape index (κ2) is 20.4. The molecular weight excluding hydrogens is 667 g/mol. The van der Waals surface area contributed by atoms with Crippen LogP contribution < -0.4 is 9.47 Å². The summed E-state index contributed by atoms with van der Waals surface area (Å²) >= 11 is 0. The van der Waals surface area contributed by atoms with Crippen molar-refractivity contribution in [2.45, 2.75) is 25.7 Å². The molecule has 4 aromatic rings. The van der Waals surface area contributed by atoms with Crippen LogP contribution in [0.15, 0.2) is 122 Å². The van der Waals surface area contributed by atoms with Gasteiger partial charge in [-0.1, -0.05) is 61.7 Å². The Morgan fingerprint density at radius 2 is 1.13 bits per heavy atom. The summed E-state index contributed by atoms with van der Waals surface area (Å²) in [4.78, 5) is 46.7. The van der Waals surface area contributed by atoms with E-state index in [-0.39, 0.29) is 13.2 Å². The fourth-order valence-electron chi connectivity index (χ4n) is 4.83. The van der Waals surface area contributed by atoms with E-state index in [9.17, 15) is 19.2 Å². The van der Waals surface area contributed by atoms with Crippen LogP contribution in [-0.2, 0) is 28.6 Å². The van der Waals surface area contributed by atoms with Gasteiger partial charge in [0.2, 0.25) is 0 Å². The summed E-state index contributed by atoms with van der Waals surface area (Å²) in [6.07, 6.45) is 8.41. The Bertz CT molecular complexity index is 1860. The number of esters is 4. The van der Waals surface area contributed by atoms with E-state index in [1.165, 1.54) is 18.2 Å². The quantitative estimate of drug-likeness (QED) is 0.0312. The van der Waals surface area contributed by atoms with Crippen molar-refractivity contribution < 1.29 is 47.3 Å². The predicted octanol–water partition coefficient (Wildman–Crippen LogP) is 8.33. The minimum Gasteiger partial charge on any atom is -0.494 e. The van der Waals surface area contributed by atoms with Gasteiger partial charge in [-0.3, -0.25) is 0 Å². The molecule has 0 spiro atoms. The number of carbonyl (C=O) groups excluding carboxylic acids is 4. The number of ether oxygens (including phenoxy) is 5. The van der Waals surface area contributed by atoms with E-state index >= 15 is 4.39 Å². The smallest absolute Gasteiger partial charge is 0.338 e. The van der Waals surface area contributed by atoms with Crippen LogP contribution in [0.2, 0.25) is 0 Å². The van der Waals surface area contributed by atoms with Crippen molar-refractivity contribution in [2.75, 3.05) is 26.4 Å². The molecule has 0 heterocycles. The van der Waals surface area contributed by atoms with Crippen molar-refractivity contribution in [3.05, 3.63) is 139 Å². The Hall–Kier alpha value is -6.29. The van der Waals surface area contributed by atoms with E-state index in [0.29, 0.717) is 47.0 Å². The molecule has 0 aromatic heterocycles. The van der Waals surface area contributed by atoms with Crippen molar-refractivity contribution >= 4 is 30.0 Å². The number of benzene rings is 4. The lowest BCUT2D eigenvalue weighted by atomic mass is 10.0. The third-order valence-electron chi connectivity index (χ3n) is 7.54. The van der Waals surface area contributed by atoms with E-state index in [1.807, 2.05) is 0 Å². The van der Waals surface area contributed by atoms with E-state index in [2.05, 4.69) is 13.2 Å². The molecule has 0 atom stereocenters. The average Bonchev–Trinajstić information content (AvgIpc) is 3.17. The van der Waals surface area contributed by atoms with Gasteiger partial charge >= 0.3 is 23.9 Å². The number of hydrogen-bond acceptors (Lipinski definition) is 9. The van der Waals surface area contributed by atoms with Crippen molar-refractivity contribution in [1.29, 1.82) is 0 Å². The summed E-state index contributed by atoms with van der Waals surface area (Å²) in [6.45, 7) is 7.45. The molecule has 9 nitrogen and oxygen atoms in total. The maximum Gasteiger partial charge on any atom is 0.338 e. The molecule has 0 N–H and O–H groups in total. The van der Waals surface area contributed by atoms with Crippen LogP contribution in [0.25, 0.3) is 28.3 Å². The largest absolute Gasteiger partial charge is 0.494 e. The maximum atomic E-state index is 15.0. The molecule has 4 aromatic carbocycles. The van der Waals surface area contributed by atoms with E-state index in [0.717, 1.165) is 49.0 Å². The first-order valence-corrected chi connectivity index (χ1v) is 16.6. The number of hydrogen-bond donors (Lipinski definition) is 0. The number of rotatable bonds is 19. The highest BCUT2D eigenvalue weighted by atomic mass is 19.1. The van der Waals surface area contributed by atoms with Crippen LogP contribution in [0.3, 0.4) is 0 Å². The van der Waals surface area contributed by atoms with Crippen LogP contribution in [0.1, 0.15) is 41.6 Å². The Morgan fingerprint density at radius 3 is 1.77 bits per heavy atom. The van der Waals surface area contributed by atoms with Gasteiger partial charge in [0, 0.05) is 23.8 Å². The molecule has 4 rings (SSSR count). The molecule has 0 aliphatic heterocycles. The highest BCUT2D eigenvalue weighted by molar-refractivity contribution is 5.90. The van der Waals surface area contributed by atoms with Crippen molar-refractivity contribution in [3.63, 3.8) is 0 Å². The third kappa shape index (κ3) is 12.5. The lowest BCUT2D eigenvalue weighted by Crippen LogP contribution is -2.12. The summed E-state index contributed by atoms with van der Waals surface area (Å²) in [6, 6.07) is 25.5. The zero-order valence-corrected chi connectivity index (χ0v) is 28.6. The summed E-state index contributed by atoms with van der Waals surface area (Å²) in [5.74, 6) is -1.59. The molecule has 0 aliphatic carbocycles. The molecular formula is C42H39FO9. The minimum atomic E-state index is -0.621. The molecule has 0 aliphatic rings. The molecule has 0 amide bonds. The zero-order chi connectivity index (χ0) is 37.1. The molecule has 0 radical (unpaired) electrons. The third-order valence-corrected chi connectivity index (χ3v) is 7.54. The van der Waals surface area contributed by atoms with Gasteiger partial charge < -0.3 is 23.7 Å². The van der Waals surface area contributed by atoms with Gasteiger partial charge in [0.1, 0.15) is 30.5 Å². The van der Waals surface area contributed by atoms with Gasteiger partial charge in [-0.25, -0.2) is 23.6 Å². The van der Waals surface area contributed by atoms with Crippen LogP contribution in [0.5, 0.6) is 11.5 Å². The molecule has 0 fully saturated rings. The molecule has 0 saturated heterocycles. The van der Waals surface area contributed by atoms with E-state index < -0.39 is 29.7 Å². The first-order valence-electron chi connectivity index (χ1n) is 16.6. The highest BCUT2D eigenvalue weighted by Gasteiger charge is 2.10. The molecule has 10 heteroatoms. The second-order valence-electron chi connectivity index (χ2n) is 11.3. The first kappa shape index (κ1) is 38.5. The Balaban J connectivity index is 1.20. The standard InChI is InChI=1S/C42H39FO9/c1-3-39(44)49-26-8-6-5-7-25-48-35-19-17-33(18-20-35)37-23-9-30(29-38(37)43)10-24-41(46)52-36-21-15-32(16-22-36)31-11-13-34(14-12-31)42(47)51-28-27-50-40(45)4-2/h3-4,9-24,29H,1-2,5-8,25-28H2/b24-10+.